The van der Waals surface area contributed by atoms with E-state index in [0.29, 0.717) is 0 Å². The van der Waals surface area contributed by atoms with E-state index in [1.807, 2.05) is 36.4 Å². The van der Waals surface area contributed by atoms with Crippen molar-refractivity contribution in [3.05, 3.63) is 60.2 Å². The molecule has 2 atom stereocenters. The number of rotatable bonds is 9. The van der Waals surface area contributed by atoms with Gasteiger partial charge < -0.3 is 4.74 Å². The molecule has 0 saturated heterocycles. The molecule has 130 valence electrons. The maximum Gasteiger partial charge on any atom is 0.127 e. The molecule has 0 heterocycles. The quantitative estimate of drug-likeness (QED) is 0.477. The monoisotopic (exact) mass is 324 g/mol. The topological polar surface area (TPSA) is 9.23 Å². The van der Waals surface area contributed by atoms with Crippen molar-refractivity contribution in [3.63, 3.8) is 0 Å². The number of hydrogen-bond donors (Lipinski definition) is 0. The minimum absolute atomic E-state index is 0.800. The van der Waals surface area contributed by atoms with Crippen molar-refractivity contribution in [3.8, 4) is 11.5 Å². The highest BCUT2D eigenvalue weighted by atomic mass is 16.5. The predicted octanol–water partition coefficient (Wildman–Crippen LogP) is 7.12. The number of ether oxygens (including phenoxy) is 1. The largest absolute Gasteiger partial charge is 0.457 e. The van der Waals surface area contributed by atoms with Gasteiger partial charge in [0.05, 0.1) is 0 Å². The third-order valence-electron chi connectivity index (χ3n) is 4.82. The summed E-state index contributed by atoms with van der Waals surface area (Å²) in [5.41, 5.74) is 1.37. The Kier molecular flexibility index (Phi) is 7.36. The predicted molar refractivity (Wildman–Crippen MR) is 104 cm³/mol. The van der Waals surface area contributed by atoms with Crippen LogP contribution in [0.5, 0.6) is 11.5 Å². The second-order valence-corrected chi connectivity index (χ2v) is 7.54. The van der Waals surface area contributed by atoms with Gasteiger partial charge in [-0.25, -0.2) is 0 Å². The van der Waals surface area contributed by atoms with Gasteiger partial charge in [-0.2, -0.15) is 0 Å². The van der Waals surface area contributed by atoms with Crippen LogP contribution in [0.15, 0.2) is 54.6 Å². The third-order valence-corrected chi connectivity index (χ3v) is 4.82. The molecule has 2 aromatic rings. The Hall–Kier alpha value is -1.76. The molecule has 0 N–H and O–H groups in total. The van der Waals surface area contributed by atoms with Gasteiger partial charge in [-0.05, 0) is 66.8 Å². The Morgan fingerprint density at radius 1 is 0.792 bits per heavy atom. The summed E-state index contributed by atoms with van der Waals surface area (Å²) in [7, 11) is 0. The molecular formula is C23H32O. The molecule has 0 amide bonds. The highest BCUT2D eigenvalue weighted by Crippen LogP contribution is 2.26. The minimum atomic E-state index is 0.800. The van der Waals surface area contributed by atoms with Gasteiger partial charge in [0.15, 0.2) is 0 Å². The maximum absolute atomic E-state index is 5.93. The number of hydrogen-bond acceptors (Lipinski definition) is 1. The van der Waals surface area contributed by atoms with Gasteiger partial charge >= 0.3 is 0 Å². The second-order valence-electron chi connectivity index (χ2n) is 7.54. The molecule has 1 nitrogen and oxygen atoms in total. The fraction of sp³-hybridized carbons (Fsp3) is 0.478. The Labute approximate surface area is 148 Å². The van der Waals surface area contributed by atoms with E-state index in [1.54, 1.807) is 0 Å². The van der Waals surface area contributed by atoms with Gasteiger partial charge in [0, 0.05) is 0 Å². The van der Waals surface area contributed by atoms with Crippen molar-refractivity contribution in [1.29, 1.82) is 0 Å². The zero-order valence-electron chi connectivity index (χ0n) is 15.7. The van der Waals surface area contributed by atoms with E-state index in [2.05, 4.69) is 45.9 Å². The van der Waals surface area contributed by atoms with Crippen LogP contribution in [0, 0.1) is 17.8 Å². The normalized spacial score (nSPS) is 13.7. The molecule has 0 aromatic heterocycles. The molecule has 0 fully saturated rings. The van der Waals surface area contributed by atoms with Crippen LogP contribution in [0.4, 0.5) is 0 Å². The van der Waals surface area contributed by atoms with Crippen LogP contribution >= 0.6 is 0 Å². The Morgan fingerprint density at radius 2 is 1.50 bits per heavy atom. The third kappa shape index (κ3) is 6.39. The highest BCUT2D eigenvalue weighted by Gasteiger charge is 2.13. The van der Waals surface area contributed by atoms with E-state index in [-0.39, 0.29) is 0 Å². The Morgan fingerprint density at radius 3 is 2.21 bits per heavy atom. The molecule has 0 aliphatic rings. The minimum Gasteiger partial charge on any atom is -0.457 e. The fourth-order valence-corrected chi connectivity index (χ4v) is 3.28. The SMILES string of the molecule is CC(C)CC(C)C(C)CCCc1cccc(Oc2ccccc2)c1. The van der Waals surface area contributed by atoms with Gasteiger partial charge in [-0.15, -0.1) is 0 Å². The van der Waals surface area contributed by atoms with Crippen molar-refractivity contribution >= 4 is 0 Å². The zero-order valence-corrected chi connectivity index (χ0v) is 15.7. The first-order chi connectivity index (χ1) is 11.5. The van der Waals surface area contributed by atoms with Crippen LogP contribution in [0.25, 0.3) is 0 Å². The van der Waals surface area contributed by atoms with Gasteiger partial charge in [-0.3, -0.25) is 0 Å². The lowest BCUT2D eigenvalue weighted by Crippen LogP contribution is -2.11. The highest BCUT2D eigenvalue weighted by molar-refractivity contribution is 5.33. The van der Waals surface area contributed by atoms with Gasteiger partial charge in [-0.1, -0.05) is 64.4 Å². The van der Waals surface area contributed by atoms with E-state index in [0.717, 1.165) is 35.7 Å². The van der Waals surface area contributed by atoms with Crippen LogP contribution in [-0.2, 0) is 6.42 Å². The van der Waals surface area contributed by atoms with Crippen LogP contribution in [0.3, 0.4) is 0 Å². The molecule has 0 saturated carbocycles. The zero-order chi connectivity index (χ0) is 17.4. The molecule has 24 heavy (non-hydrogen) atoms. The van der Waals surface area contributed by atoms with Crippen molar-refractivity contribution < 1.29 is 4.74 Å². The maximum atomic E-state index is 5.93. The standard InChI is InChI=1S/C23H32O/c1-18(2)16-20(4)19(3)10-8-11-21-12-9-15-23(17-21)24-22-13-6-5-7-14-22/h5-7,9,12-15,17-20H,8,10-11,16H2,1-4H3. The first-order valence-electron chi connectivity index (χ1n) is 9.36. The van der Waals surface area contributed by atoms with Crippen molar-refractivity contribution in [2.75, 3.05) is 0 Å². The molecular weight excluding hydrogens is 292 g/mol. The van der Waals surface area contributed by atoms with Gasteiger partial charge in [0.1, 0.15) is 11.5 Å². The van der Waals surface area contributed by atoms with Gasteiger partial charge in [0.2, 0.25) is 0 Å². The average Bonchev–Trinajstić information content (AvgIpc) is 2.55. The average molecular weight is 325 g/mol. The van der Waals surface area contributed by atoms with E-state index >= 15 is 0 Å². The van der Waals surface area contributed by atoms with Gasteiger partial charge in [0.25, 0.3) is 0 Å². The summed E-state index contributed by atoms with van der Waals surface area (Å²) in [6, 6.07) is 18.5. The first-order valence-corrected chi connectivity index (χ1v) is 9.36. The summed E-state index contributed by atoms with van der Waals surface area (Å²) in [5, 5.41) is 0. The fourth-order valence-electron chi connectivity index (χ4n) is 3.28. The molecule has 0 bridgehead atoms. The van der Waals surface area contributed by atoms with Crippen LogP contribution in [-0.4, -0.2) is 0 Å². The number of aryl methyl sites for hydroxylation is 1. The lowest BCUT2D eigenvalue weighted by Gasteiger charge is -2.21. The van der Waals surface area contributed by atoms with Crippen molar-refractivity contribution in [2.45, 2.75) is 53.4 Å². The van der Waals surface area contributed by atoms with Crippen molar-refractivity contribution in [1.82, 2.24) is 0 Å². The van der Waals surface area contributed by atoms with E-state index in [4.69, 9.17) is 4.74 Å². The molecule has 0 spiro atoms. The Balaban J connectivity index is 1.82. The summed E-state index contributed by atoms with van der Waals surface area (Å²) < 4.78 is 5.93. The first kappa shape index (κ1) is 18.6. The molecule has 1 heteroatoms. The van der Waals surface area contributed by atoms with Crippen LogP contribution < -0.4 is 4.74 Å². The summed E-state index contributed by atoms with van der Waals surface area (Å²) >= 11 is 0. The van der Waals surface area contributed by atoms with Crippen molar-refractivity contribution in [2.24, 2.45) is 17.8 Å². The summed E-state index contributed by atoms with van der Waals surface area (Å²) in [4.78, 5) is 0. The Bertz CT molecular complexity index is 588. The second kappa shape index (κ2) is 9.52. The summed E-state index contributed by atoms with van der Waals surface area (Å²) in [6.45, 7) is 9.45. The van der Waals surface area contributed by atoms with E-state index < -0.39 is 0 Å². The molecule has 0 aliphatic carbocycles. The molecule has 0 radical (unpaired) electrons. The smallest absolute Gasteiger partial charge is 0.127 e. The number of para-hydroxylation sites is 1. The van der Waals surface area contributed by atoms with E-state index in [1.165, 1.54) is 24.8 Å². The lowest BCUT2D eigenvalue weighted by atomic mass is 9.85. The molecule has 2 aromatic carbocycles. The molecule has 0 aliphatic heterocycles. The van der Waals surface area contributed by atoms with E-state index in [9.17, 15) is 0 Å². The number of benzene rings is 2. The summed E-state index contributed by atoms with van der Waals surface area (Å²) in [6.07, 6.45) is 5.02. The van der Waals surface area contributed by atoms with Crippen LogP contribution in [0.1, 0.15) is 52.5 Å². The molecule has 2 rings (SSSR count). The summed E-state index contributed by atoms with van der Waals surface area (Å²) in [5.74, 6) is 4.24. The lowest BCUT2D eigenvalue weighted by molar-refractivity contribution is 0.303. The van der Waals surface area contributed by atoms with Crippen LogP contribution in [0.2, 0.25) is 0 Å². The molecule has 2 unspecified atom stereocenters.